The molecule has 0 aromatic rings. The van der Waals surface area contributed by atoms with Crippen LogP contribution in [0.15, 0.2) is 4.99 Å². The minimum atomic E-state index is -2.98. The molecule has 1 saturated heterocycles. The van der Waals surface area contributed by atoms with Gasteiger partial charge in [-0.25, -0.2) is 8.42 Å². The van der Waals surface area contributed by atoms with E-state index in [-0.39, 0.29) is 59.5 Å². The molecule has 10 heteroatoms. The van der Waals surface area contributed by atoms with Crippen LogP contribution in [0.3, 0.4) is 0 Å². The average molecular weight is 490 g/mol. The summed E-state index contributed by atoms with van der Waals surface area (Å²) in [6, 6.07) is -0.257. The van der Waals surface area contributed by atoms with Gasteiger partial charge < -0.3 is 20.7 Å². The predicted octanol–water partition coefficient (Wildman–Crippen LogP) is 0.278. The molecular weight excluding hydrogens is 459 g/mol. The molecule has 1 heterocycles. The summed E-state index contributed by atoms with van der Waals surface area (Å²) in [5, 5.41) is 8.97. The van der Waals surface area contributed by atoms with Gasteiger partial charge in [0.1, 0.15) is 0 Å². The Kier molecular flexibility index (Phi) is 10.9. The van der Waals surface area contributed by atoms with Crippen LogP contribution in [0, 0.1) is 0 Å². The van der Waals surface area contributed by atoms with E-state index in [9.17, 15) is 13.2 Å². The van der Waals surface area contributed by atoms with Crippen LogP contribution in [0.25, 0.3) is 0 Å². The number of hydrogen-bond acceptors (Lipinski definition) is 5. The topological polar surface area (TPSA) is 109 Å². The summed E-state index contributed by atoms with van der Waals surface area (Å²) in [5.41, 5.74) is -0.353. The molecule has 0 aliphatic carbocycles. The molecule has 8 nitrogen and oxygen atoms in total. The van der Waals surface area contributed by atoms with Gasteiger partial charge in [-0.1, -0.05) is 0 Å². The molecule has 1 aliphatic heterocycles. The van der Waals surface area contributed by atoms with Gasteiger partial charge >= 0.3 is 0 Å². The van der Waals surface area contributed by atoms with Crippen LogP contribution in [-0.4, -0.2) is 70.2 Å². The summed E-state index contributed by atoms with van der Waals surface area (Å²) in [5.74, 6) is 0.668. The standard InChI is InChI=1S/C15H30N4O4S.HI/c1-5-16-14(18-11-15(2,3)23-4)17-8-6-13(20)19-12-7-9-24(21,22)10-12;/h12H,5-11H2,1-4H3,(H,19,20)(H2,16,17,18);1H. The van der Waals surface area contributed by atoms with Crippen LogP contribution in [0.1, 0.15) is 33.6 Å². The SMILES string of the molecule is CCNC(=NCC(C)(C)OC)NCCC(=O)NC1CCS(=O)(=O)C1.I. The van der Waals surface area contributed by atoms with Gasteiger partial charge in [0.05, 0.1) is 23.7 Å². The molecule has 0 spiro atoms. The second-order valence-corrected chi connectivity index (χ2v) is 8.73. The maximum atomic E-state index is 11.9. The van der Waals surface area contributed by atoms with E-state index in [0.29, 0.717) is 32.0 Å². The largest absolute Gasteiger partial charge is 0.377 e. The zero-order valence-corrected chi connectivity index (χ0v) is 18.6. The predicted molar refractivity (Wildman–Crippen MR) is 110 cm³/mol. The van der Waals surface area contributed by atoms with E-state index in [2.05, 4.69) is 20.9 Å². The Labute approximate surface area is 167 Å². The smallest absolute Gasteiger partial charge is 0.222 e. The van der Waals surface area contributed by atoms with Gasteiger partial charge in [-0.3, -0.25) is 9.79 Å². The lowest BCUT2D eigenvalue weighted by atomic mass is 10.1. The second kappa shape index (κ2) is 11.2. The third kappa shape index (κ3) is 10.2. The highest BCUT2D eigenvalue weighted by Crippen LogP contribution is 2.11. The molecule has 1 unspecified atom stereocenters. The van der Waals surface area contributed by atoms with Crippen LogP contribution in [0.2, 0.25) is 0 Å². The highest BCUT2D eigenvalue weighted by molar-refractivity contribution is 14.0. The Morgan fingerprint density at radius 2 is 2.00 bits per heavy atom. The van der Waals surface area contributed by atoms with E-state index in [1.807, 2.05) is 20.8 Å². The molecule has 0 saturated carbocycles. The number of halogens is 1. The van der Waals surface area contributed by atoms with E-state index < -0.39 is 9.84 Å². The summed E-state index contributed by atoms with van der Waals surface area (Å²) >= 11 is 0. The molecule has 1 rings (SSSR count). The first-order chi connectivity index (χ1) is 11.2. The average Bonchev–Trinajstić information content (AvgIpc) is 2.83. The van der Waals surface area contributed by atoms with Crippen molar-refractivity contribution in [3.8, 4) is 0 Å². The number of guanidine groups is 1. The number of sulfone groups is 1. The van der Waals surface area contributed by atoms with Crippen molar-refractivity contribution in [2.45, 2.75) is 45.3 Å². The lowest BCUT2D eigenvalue weighted by Gasteiger charge is -2.21. The van der Waals surface area contributed by atoms with Crippen molar-refractivity contribution >= 4 is 45.7 Å². The number of nitrogens with zero attached hydrogens (tertiary/aromatic N) is 1. The number of hydrogen-bond donors (Lipinski definition) is 3. The number of ether oxygens (including phenoxy) is 1. The first-order valence-electron chi connectivity index (χ1n) is 8.24. The van der Waals surface area contributed by atoms with Crippen LogP contribution in [0.5, 0.6) is 0 Å². The Morgan fingerprint density at radius 1 is 1.32 bits per heavy atom. The van der Waals surface area contributed by atoms with Gasteiger partial charge in [0.25, 0.3) is 0 Å². The Morgan fingerprint density at radius 3 is 2.52 bits per heavy atom. The van der Waals surface area contributed by atoms with Crippen molar-refractivity contribution in [2.75, 3.05) is 38.2 Å². The fraction of sp³-hybridized carbons (Fsp3) is 0.867. The lowest BCUT2D eigenvalue weighted by Crippen LogP contribution is -2.42. The van der Waals surface area contributed by atoms with Gasteiger partial charge in [0, 0.05) is 32.7 Å². The van der Waals surface area contributed by atoms with Crippen molar-refractivity contribution in [3.05, 3.63) is 0 Å². The van der Waals surface area contributed by atoms with Gasteiger partial charge in [-0.2, -0.15) is 0 Å². The first-order valence-corrected chi connectivity index (χ1v) is 10.1. The maximum Gasteiger partial charge on any atom is 0.222 e. The number of amides is 1. The van der Waals surface area contributed by atoms with Crippen LogP contribution < -0.4 is 16.0 Å². The molecule has 1 amide bonds. The van der Waals surface area contributed by atoms with Crippen LogP contribution >= 0.6 is 24.0 Å². The van der Waals surface area contributed by atoms with Crippen molar-refractivity contribution in [1.82, 2.24) is 16.0 Å². The number of nitrogens with one attached hydrogen (secondary N) is 3. The summed E-state index contributed by atoms with van der Waals surface area (Å²) in [6.07, 6.45) is 0.756. The normalized spacial score (nSPS) is 19.8. The molecular formula is C15H31IN4O4S. The highest BCUT2D eigenvalue weighted by atomic mass is 127. The lowest BCUT2D eigenvalue weighted by molar-refractivity contribution is -0.121. The quantitative estimate of drug-likeness (QED) is 0.256. The van der Waals surface area contributed by atoms with Crippen molar-refractivity contribution in [3.63, 3.8) is 0 Å². The number of rotatable bonds is 8. The molecule has 1 aliphatic rings. The molecule has 3 N–H and O–H groups in total. The minimum absolute atomic E-state index is 0. The fourth-order valence-corrected chi connectivity index (χ4v) is 3.85. The molecule has 0 bridgehead atoms. The van der Waals surface area contributed by atoms with E-state index in [1.54, 1.807) is 7.11 Å². The fourth-order valence-electron chi connectivity index (χ4n) is 2.18. The summed E-state index contributed by atoms with van der Waals surface area (Å²) in [7, 11) is -1.34. The van der Waals surface area contributed by atoms with Gasteiger partial charge in [0.15, 0.2) is 15.8 Å². The summed E-state index contributed by atoms with van der Waals surface area (Å²) in [6.45, 7) is 7.49. The molecule has 0 aromatic heterocycles. The maximum absolute atomic E-state index is 11.9. The monoisotopic (exact) mass is 490 g/mol. The van der Waals surface area contributed by atoms with E-state index in [0.717, 1.165) is 0 Å². The molecule has 148 valence electrons. The van der Waals surface area contributed by atoms with Crippen molar-refractivity contribution in [1.29, 1.82) is 0 Å². The van der Waals surface area contributed by atoms with Crippen LogP contribution in [0.4, 0.5) is 0 Å². The molecule has 25 heavy (non-hydrogen) atoms. The third-order valence-electron chi connectivity index (χ3n) is 3.76. The van der Waals surface area contributed by atoms with Gasteiger partial charge in [-0.05, 0) is 27.2 Å². The van der Waals surface area contributed by atoms with Crippen molar-refractivity contribution in [2.24, 2.45) is 4.99 Å². The molecule has 0 aromatic carbocycles. The zero-order valence-electron chi connectivity index (χ0n) is 15.4. The van der Waals surface area contributed by atoms with E-state index >= 15 is 0 Å². The first kappa shape index (κ1) is 24.4. The number of methoxy groups -OCH3 is 1. The minimum Gasteiger partial charge on any atom is -0.377 e. The summed E-state index contributed by atoms with van der Waals surface area (Å²) < 4.78 is 28.1. The molecule has 0 radical (unpaired) electrons. The Hall–Kier alpha value is -0.620. The number of carbonyl (C=O) groups excluding carboxylic acids is 1. The Balaban J connectivity index is 0.00000576. The Bertz CT molecular complexity index is 552. The third-order valence-corrected chi connectivity index (χ3v) is 5.52. The second-order valence-electron chi connectivity index (χ2n) is 6.50. The van der Waals surface area contributed by atoms with Crippen LogP contribution in [-0.2, 0) is 19.4 Å². The number of aliphatic imine (C=N–C) groups is 1. The zero-order chi connectivity index (χ0) is 18.2. The molecule has 1 fully saturated rings. The number of carbonyl (C=O) groups is 1. The summed E-state index contributed by atoms with van der Waals surface area (Å²) in [4.78, 5) is 16.3. The van der Waals surface area contributed by atoms with Gasteiger partial charge in [-0.15, -0.1) is 24.0 Å². The van der Waals surface area contributed by atoms with E-state index in [1.165, 1.54) is 0 Å². The van der Waals surface area contributed by atoms with E-state index in [4.69, 9.17) is 4.74 Å². The molecule has 1 atom stereocenters. The highest BCUT2D eigenvalue weighted by Gasteiger charge is 2.28. The van der Waals surface area contributed by atoms with Crippen molar-refractivity contribution < 1.29 is 17.9 Å². The van der Waals surface area contributed by atoms with Gasteiger partial charge in [0.2, 0.25) is 5.91 Å².